The number of nitrogens with zero attached hydrogens (tertiary/aromatic N) is 1. The number of aromatic nitrogens is 1. The van der Waals surface area contributed by atoms with Gasteiger partial charge in [-0.15, -0.1) is 0 Å². The van der Waals surface area contributed by atoms with Gasteiger partial charge in [0.2, 0.25) is 0 Å². The van der Waals surface area contributed by atoms with E-state index in [9.17, 15) is 4.79 Å². The van der Waals surface area contributed by atoms with E-state index in [2.05, 4.69) is 78.2 Å². The van der Waals surface area contributed by atoms with Crippen molar-refractivity contribution in [2.75, 3.05) is 0 Å². The molecule has 4 aromatic carbocycles. The second-order valence-corrected chi connectivity index (χ2v) is 8.30. The summed E-state index contributed by atoms with van der Waals surface area (Å²) < 4.78 is 2.29. The molecule has 0 atom stereocenters. The highest BCUT2D eigenvalue weighted by Crippen LogP contribution is 2.36. The number of rotatable bonds is 6. The Kier molecular flexibility index (Phi) is 6.05. The first-order chi connectivity index (χ1) is 16.7. The van der Waals surface area contributed by atoms with Crippen LogP contribution < -0.4 is 0 Å². The predicted molar refractivity (Wildman–Crippen MR) is 141 cm³/mol. The molecule has 34 heavy (non-hydrogen) atoms. The van der Waals surface area contributed by atoms with Crippen molar-refractivity contribution in [3.8, 4) is 28.2 Å². The maximum atomic E-state index is 12.8. The maximum Gasteiger partial charge on any atom is 0.185 e. The van der Waals surface area contributed by atoms with Crippen LogP contribution in [0.2, 0.25) is 0 Å². The molecule has 5 rings (SSSR count). The molecule has 0 saturated heterocycles. The molecule has 0 bridgehead atoms. The van der Waals surface area contributed by atoms with Crippen molar-refractivity contribution in [3.05, 3.63) is 144 Å². The van der Waals surface area contributed by atoms with Crippen molar-refractivity contribution in [2.24, 2.45) is 0 Å². The second-order valence-electron chi connectivity index (χ2n) is 8.30. The van der Waals surface area contributed by atoms with Gasteiger partial charge >= 0.3 is 0 Å². The minimum absolute atomic E-state index is 0.0102. The van der Waals surface area contributed by atoms with E-state index in [1.54, 1.807) is 6.08 Å². The first-order valence-corrected chi connectivity index (χ1v) is 11.4. The van der Waals surface area contributed by atoms with Gasteiger partial charge in [0, 0.05) is 16.8 Å². The monoisotopic (exact) mass is 439 g/mol. The SMILES string of the molecule is Cc1ccc(-n2c(-c3ccccc3)cc(/C=C/C(=O)c3ccccc3)c2-c2ccccc2)cc1. The Morgan fingerprint density at radius 1 is 0.676 bits per heavy atom. The molecule has 0 radical (unpaired) electrons. The Morgan fingerprint density at radius 2 is 1.24 bits per heavy atom. The third-order valence-electron chi connectivity index (χ3n) is 5.91. The summed E-state index contributed by atoms with van der Waals surface area (Å²) in [6, 6.07) is 40.9. The number of carbonyl (C=O) groups is 1. The van der Waals surface area contributed by atoms with Crippen LogP contribution in [0, 0.1) is 6.92 Å². The molecule has 0 unspecified atom stereocenters. The topological polar surface area (TPSA) is 22.0 Å². The summed E-state index contributed by atoms with van der Waals surface area (Å²) in [6.45, 7) is 2.10. The predicted octanol–water partition coefficient (Wildman–Crippen LogP) is 8.02. The lowest BCUT2D eigenvalue weighted by Crippen LogP contribution is -2.00. The van der Waals surface area contributed by atoms with Gasteiger partial charge in [0.15, 0.2) is 5.78 Å². The van der Waals surface area contributed by atoms with Crippen molar-refractivity contribution in [2.45, 2.75) is 6.92 Å². The first-order valence-electron chi connectivity index (χ1n) is 11.4. The molecule has 0 fully saturated rings. The van der Waals surface area contributed by atoms with Gasteiger partial charge in [0.25, 0.3) is 0 Å². The van der Waals surface area contributed by atoms with Crippen molar-refractivity contribution in [3.63, 3.8) is 0 Å². The highest BCUT2D eigenvalue weighted by atomic mass is 16.1. The van der Waals surface area contributed by atoms with E-state index in [-0.39, 0.29) is 5.78 Å². The molecule has 0 aliphatic rings. The van der Waals surface area contributed by atoms with Crippen molar-refractivity contribution in [1.29, 1.82) is 0 Å². The summed E-state index contributed by atoms with van der Waals surface area (Å²) in [7, 11) is 0. The second kappa shape index (κ2) is 9.60. The zero-order valence-corrected chi connectivity index (χ0v) is 19.1. The summed E-state index contributed by atoms with van der Waals surface area (Å²) >= 11 is 0. The summed E-state index contributed by atoms with van der Waals surface area (Å²) in [5, 5.41) is 0. The van der Waals surface area contributed by atoms with Crippen LogP contribution in [0.3, 0.4) is 0 Å². The van der Waals surface area contributed by atoms with Crippen LogP contribution in [0.5, 0.6) is 0 Å². The number of benzene rings is 4. The Labute approximate surface area is 200 Å². The van der Waals surface area contributed by atoms with Crippen LogP contribution >= 0.6 is 0 Å². The Bertz CT molecular complexity index is 1430. The average Bonchev–Trinajstić information content (AvgIpc) is 3.29. The largest absolute Gasteiger partial charge is 0.309 e. The number of carbonyl (C=O) groups excluding carboxylic acids is 1. The summed E-state index contributed by atoms with van der Waals surface area (Å²) in [5.41, 5.74) is 8.32. The highest BCUT2D eigenvalue weighted by Gasteiger charge is 2.18. The van der Waals surface area contributed by atoms with Crippen molar-refractivity contribution >= 4 is 11.9 Å². The fourth-order valence-corrected chi connectivity index (χ4v) is 4.20. The van der Waals surface area contributed by atoms with E-state index >= 15 is 0 Å². The van der Waals surface area contributed by atoms with Crippen LogP contribution in [0.15, 0.2) is 127 Å². The van der Waals surface area contributed by atoms with E-state index < -0.39 is 0 Å². The van der Waals surface area contributed by atoms with Crippen LogP contribution in [-0.2, 0) is 0 Å². The first kappa shape index (κ1) is 21.4. The van der Waals surface area contributed by atoms with Crippen molar-refractivity contribution in [1.82, 2.24) is 4.57 Å². The van der Waals surface area contributed by atoms with E-state index in [0.29, 0.717) is 5.56 Å². The fourth-order valence-electron chi connectivity index (χ4n) is 4.20. The van der Waals surface area contributed by atoms with Crippen LogP contribution in [0.25, 0.3) is 34.3 Å². The molecule has 0 amide bonds. The van der Waals surface area contributed by atoms with E-state index in [1.165, 1.54) is 5.56 Å². The number of aryl methyl sites for hydroxylation is 1. The number of allylic oxidation sites excluding steroid dienone is 1. The zero-order chi connectivity index (χ0) is 23.3. The van der Waals surface area contributed by atoms with Gasteiger partial charge in [-0.25, -0.2) is 0 Å². The van der Waals surface area contributed by atoms with Crippen LogP contribution in [-0.4, -0.2) is 10.4 Å². The van der Waals surface area contributed by atoms with E-state index in [1.807, 2.05) is 60.7 Å². The normalized spacial score (nSPS) is 11.1. The van der Waals surface area contributed by atoms with Crippen LogP contribution in [0.4, 0.5) is 0 Å². The molecule has 0 N–H and O–H groups in total. The lowest BCUT2D eigenvalue weighted by molar-refractivity contribution is 0.104. The van der Waals surface area contributed by atoms with Gasteiger partial charge < -0.3 is 4.57 Å². The molecule has 5 aromatic rings. The molecule has 1 aromatic heterocycles. The quantitative estimate of drug-likeness (QED) is 0.194. The molecule has 2 nitrogen and oxygen atoms in total. The molecular formula is C32H25NO. The molecular weight excluding hydrogens is 414 g/mol. The molecule has 0 spiro atoms. The molecule has 164 valence electrons. The van der Waals surface area contributed by atoms with Crippen LogP contribution in [0.1, 0.15) is 21.5 Å². The highest BCUT2D eigenvalue weighted by molar-refractivity contribution is 6.07. The minimum atomic E-state index is -0.0102. The number of ketones is 1. The number of hydrogen-bond donors (Lipinski definition) is 0. The maximum absolute atomic E-state index is 12.8. The van der Waals surface area contributed by atoms with Gasteiger partial charge in [-0.2, -0.15) is 0 Å². The Hall–Kier alpha value is -4.43. The number of hydrogen-bond acceptors (Lipinski definition) is 1. The van der Waals surface area contributed by atoms with Crippen molar-refractivity contribution < 1.29 is 4.79 Å². The zero-order valence-electron chi connectivity index (χ0n) is 19.1. The van der Waals surface area contributed by atoms with Gasteiger partial charge in [-0.05, 0) is 48.4 Å². The third kappa shape index (κ3) is 4.39. The van der Waals surface area contributed by atoms with E-state index in [0.717, 1.165) is 33.8 Å². The lowest BCUT2D eigenvalue weighted by Gasteiger charge is -2.15. The Morgan fingerprint density at radius 3 is 1.85 bits per heavy atom. The molecule has 2 heteroatoms. The standard InChI is InChI=1S/C32H25NO/c1-24-17-20-29(21-18-24)33-30(25-11-5-2-6-12-25)23-28(32(33)27-15-9-4-10-16-27)19-22-31(34)26-13-7-3-8-14-26/h2-23H,1H3/b22-19+. The molecule has 0 aliphatic heterocycles. The molecule has 0 saturated carbocycles. The third-order valence-corrected chi connectivity index (χ3v) is 5.91. The minimum Gasteiger partial charge on any atom is -0.309 e. The van der Waals surface area contributed by atoms with Gasteiger partial charge in [0.1, 0.15) is 0 Å². The fraction of sp³-hybridized carbons (Fsp3) is 0.0312. The lowest BCUT2D eigenvalue weighted by atomic mass is 10.1. The summed E-state index contributed by atoms with van der Waals surface area (Å²) in [5.74, 6) is -0.0102. The Balaban J connectivity index is 1.73. The molecule has 0 aliphatic carbocycles. The summed E-state index contributed by atoms with van der Waals surface area (Å²) in [4.78, 5) is 12.8. The van der Waals surface area contributed by atoms with E-state index in [4.69, 9.17) is 0 Å². The molecule has 1 heterocycles. The van der Waals surface area contributed by atoms with Gasteiger partial charge in [-0.3, -0.25) is 4.79 Å². The average molecular weight is 440 g/mol. The van der Waals surface area contributed by atoms with Gasteiger partial charge in [0.05, 0.1) is 11.4 Å². The van der Waals surface area contributed by atoms with Gasteiger partial charge in [-0.1, -0.05) is 109 Å². The summed E-state index contributed by atoms with van der Waals surface area (Å²) in [6.07, 6.45) is 3.61. The smallest absolute Gasteiger partial charge is 0.185 e.